The number of fused-ring (bicyclic) bond motifs is 1. The highest BCUT2D eigenvalue weighted by atomic mass is 31.1. The first-order chi connectivity index (χ1) is 16.1. The Hall–Kier alpha value is -2.23. The van der Waals surface area contributed by atoms with Crippen LogP contribution in [-0.4, -0.2) is 52.5 Å². The molecule has 1 saturated heterocycles. The molecule has 1 aliphatic heterocycles. The number of nitrogens with one attached hydrogen (secondary N) is 1. The fourth-order valence-electron chi connectivity index (χ4n) is 5.42. The number of hydrogen-bond donors (Lipinski definition) is 2. The van der Waals surface area contributed by atoms with E-state index in [0.29, 0.717) is 12.5 Å². The average molecular weight is 479 g/mol. The number of amides is 1. The van der Waals surface area contributed by atoms with Crippen LogP contribution in [0.5, 0.6) is 0 Å². The normalized spacial score (nSPS) is 15.9. The number of nitrogens with two attached hydrogens (primary N) is 1. The molecule has 1 fully saturated rings. The summed E-state index contributed by atoms with van der Waals surface area (Å²) in [6, 6.07) is 10.6. The van der Waals surface area contributed by atoms with Crippen LogP contribution in [0.3, 0.4) is 0 Å². The zero-order valence-corrected chi connectivity index (χ0v) is 22.4. The molecule has 34 heavy (non-hydrogen) atoms. The summed E-state index contributed by atoms with van der Waals surface area (Å²) in [5.74, 6) is 0.664. The number of pyridine rings is 1. The number of aryl methyl sites for hydroxylation is 1. The van der Waals surface area contributed by atoms with Crippen LogP contribution in [-0.2, 0) is 10.2 Å². The Morgan fingerprint density at radius 2 is 1.91 bits per heavy atom. The summed E-state index contributed by atoms with van der Waals surface area (Å²) in [4.78, 5) is 23.8. The fraction of sp³-hybridized carbons (Fsp3) is 0.500. The molecule has 1 aromatic carbocycles. The second kappa shape index (κ2) is 9.79. The van der Waals surface area contributed by atoms with Crippen molar-refractivity contribution >= 4 is 24.7 Å². The van der Waals surface area contributed by atoms with Gasteiger partial charge in [-0.2, -0.15) is 0 Å². The number of H-pyrrole nitrogens is 1. The van der Waals surface area contributed by atoms with Gasteiger partial charge in [0.25, 0.3) is 0 Å². The first kappa shape index (κ1) is 24.9. The summed E-state index contributed by atoms with van der Waals surface area (Å²) in [7, 11) is 1.77. The van der Waals surface area contributed by atoms with Gasteiger partial charge in [0.2, 0.25) is 5.91 Å². The van der Waals surface area contributed by atoms with E-state index in [2.05, 4.69) is 68.0 Å². The molecule has 0 radical (unpaired) electrons. The number of likely N-dealkylation sites (N-methyl/N-ethyl adjacent to an activating group) is 1. The van der Waals surface area contributed by atoms with Gasteiger partial charge in [-0.05, 0) is 87.2 Å². The summed E-state index contributed by atoms with van der Waals surface area (Å²) < 4.78 is 0. The Morgan fingerprint density at radius 1 is 1.21 bits per heavy atom. The van der Waals surface area contributed by atoms with Gasteiger partial charge >= 0.3 is 0 Å². The lowest BCUT2D eigenvalue weighted by Crippen LogP contribution is -2.48. The minimum Gasteiger partial charge on any atom is -0.354 e. The van der Waals surface area contributed by atoms with Crippen LogP contribution < -0.4 is 5.73 Å². The third-order valence-corrected chi connectivity index (χ3v) is 10.6. The smallest absolute Gasteiger partial charge is 0.232 e. The molecule has 2 aromatic heterocycles. The van der Waals surface area contributed by atoms with Gasteiger partial charge in [-0.15, -0.1) is 0 Å². The van der Waals surface area contributed by atoms with Gasteiger partial charge < -0.3 is 15.6 Å². The van der Waals surface area contributed by atoms with Crippen molar-refractivity contribution in [2.75, 3.05) is 25.9 Å². The van der Waals surface area contributed by atoms with E-state index in [9.17, 15) is 4.79 Å². The summed E-state index contributed by atoms with van der Waals surface area (Å²) in [6.45, 7) is 11.1. The Morgan fingerprint density at radius 3 is 2.53 bits per heavy atom. The van der Waals surface area contributed by atoms with Gasteiger partial charge in [0, 0.05) is 41.9 Å². The van der Waals surface area contributed by atoms with Gasteiger partial charge in [0.15, 0.2) is 0 Å². The van der Waals surface area contributed by atoms with Crippen LogP contribution >= 0.6 is 7.92 Å². The largest absolute Gasteiger partial charge is 0.354 e. The zero-order chi connectivity index (χ0) is 24.6. The molecule has 0 saturated carbocycles. The molecule has 0 aliphatic carbocycles. The highest BCUT2D eigenvalue weighted by molar-refractivity contribution is 7.58. The van der Waals surface area contributed by atoms with Crippen molar-refractivity contribution in [3.05, 3.63) is 53.3 Å². The van der Waals surface area contributed by atoms with Gasteiger partial charge in [-0.1, -0.05) is 27.8 Å². The fourth-order valence-corrected chi connectivity index (χ4v) is 8.39. The van der Waals surface area contributed by atoms with E-state index in [4.69, 9.17) is 5.73 Å². The average Bonchev–Trinajstić information content (AvgIpc) is 3.46. The summed E-state index contributed by atoms with van der Waals surface area (Å²) in [5, 5.41) is 1.19. The quantitative estimate of drug-likeness (QED) is 0.412. The molecule has 0 bridgehead atoms. The summed E-state index contributed by atoms with van der Waals surface area (Å²) in [6.07, 6.45) is 6.88. The van der Waals surface area contributed by atoms with E-state index in [1.54, 1.807) is 0 Å². The maximum atomic E-state index is 13.8. The van der Waals surface area contributed by atoms with Crippen LogP contribution in [0.4, 0.5) is 0 Å². The summed E-state index contributed by atoms with van der Waals surface area (Å²) in [5.41, 5.74) is 12.3. The van der Waals surface area contributed by atoms with Gasteiger partial charge in [0.05, 0.1) is 16.9 Å². The molecule has 1 amide bonds. The second-order valence-electron chi connectivity index (χ2n) is 10.5. The lowest BCUT2D eigenvalue weighted by atomic mass is 9.82. The van der Waals surface area contributed by atoms with Crippen LogP contribution in [0.25, 0.3) is 22.2 Å². The van der Waals surface area contributed by atoms with E-state index in [0.717, 1.165) is 28.0 Å². The van der Waals surface area contributed by atoms with E-state index in [1.807, 2.05) is 25.1 Å². The SMILES string of the molecule is Cc1cc(-c2[nH]c3ccc(C(C)(C)C(=O)N(C)C(CN)P4CCCC4)cc3c2C(C)C)ccn1. The molecule has 6 heteroatoms. The minimum absolute atomic E-state index is 0.156. The maximum absolute atomic E-state index is 13.8. The van der Waals surface area contributed by atoms with Crippen molar-refractivity contribution in [1.82, 2.24) is 14.9 Å². The molecule has 182 valence electrons. The van der Waals surface area contributed by atoms with E-state index in [-0.39, 0.29) is 19.6 Å². The number of rotatable bonds is 7. The summed E-state index contributed by atoms with van der Waals surface area (Å²) >= 11 is 0. The molecule has 4 rings (SSSR count). The molecule has 1 unspecified atom stereocenters. The zero-order valence-electron chi connectivity index (χ0n) is 21.5. The third kappa shape index (κ3) is 4.53. The predicted molar refractivity (Wildman–Crippen MR) is 145 cm³/mol. The van der Waals surface area contributed by atoms with E-state index >= 15 is 0 Å². The minimum atomic E-state index is -0.635. The Labute approximate surface area is 205 Å². The lowest BCUT2D eigenvalue weighted by Gasteiger charge is -2.37. The number of hydrogen-bond acceptors (Lipinski definition) is 3. The Balaban J connectivity index is 1.73. The van der Waals surface area contributed by atoms with Gasteiger partial charge in [0.1, 0.15) is 0 Å². The highest BCUT2D eigenvalue weighted by Gasteiger charge is 2.38. The standard InChI is InChI=1S/C28H39N4OP/c1-18(2)25-22-16-21(9-10-23(22)31-26(25)20-11-12-30-19(3)15-20)28(4,5)27(33)32(6)24(17-29)34-13-7-8-14-34/h9-12,15-16,18,24,31H,7-8,13-14,17,29H2,1-6H3. The number of nitrogens with zero attached hydrogens (tertiary/aromatic N) is 2. The van der Waals surface area contributed by atoms with Gasteiger partial charge in [-0.25, -0.2) is 0 Å². The number of aromatic amines is 1. The first-order valence-corrected chi connectivity index (χ1v) is 14.2. The van der Waals surface area contributed by atoms with E-state index < -0.39 is 5.41 Å². The highest BCUT2D eigenvalue weighted by Crippen LogP contribution is 2.49. The molecular formula is C28H39N4OP. The van der Waals surface area contributed by atoms with Crippen molar-refractivity contribution < 1.29 is 4.79 Å². The second-order valence-corrected chi connectivity index (χ2v) is 13.2. The first-order valence-electron chi connectivity index (χ1n) is 12.5. The lowest BCUT2D eigenvalue weighted by molar-refractivity contribution is -0.135. The number of aromatic nitrogens is 2. The number of carbonyl (C=O) groups excluding carboxylic acids is 1. The topological polar surface area (TPSA) is 75.0 Å². The van der Waals surface area contributed by atoms with Crippen LogP contribution in [0.2, 0.25) is 0 Å². The molecule has 1 aliphatic rings. The van der Waals surface area contributed by atoms with Crippen LogP contribution in [0.1, 0.15) is 63.3 Å². The van der Waals surface area contributed by atoms with Crippen molar-refractivity contribution in [3.8, 4) is 11.3 Å². The molecule has 3 aromatic rings. The molecule has 3 N–H and O–H groups in total. The maximum Gasteiger partial charge on any atom is 0.232 e. The Bertz CT molecular complexity index is 1180. The van der Waals surface area contributed by atoms with Crippen molar-refractivity contribution in [1.29, 1.82) is 0 Å². The molecular weight excluding hydrogens is 439 g/mol. The molecule has 0 spiro atoms. The van der Waals surface area contributed by atoms with Crippen LogP contribution in [0, 0.1) is 6.92 Å². The molecule has 1 atom stereocenters. The third-order valence-electron chi connectivity index (χ3n) is 7.40. The molecule has 5 nitrogen and oxygen atoms in total. The number of benzene rings is 1. The molecule has 3 heterocycles. The van der Waals surface area contributed by atoms with Crippen molar-refractivity contribution in [3.63, 3.8) is 0 Å². The van der Waals surface area contributed by atoms with E-state index in [1.165, 1.54) is 36.1 Å². The Kier molecular flexibility index (Phi) is 7.17. The monoisotopic (exact) mass is 478 g/mol. The van der Waals surface area contributed by atoms with Crippen molar-refractivity contribution in [2.24, 2.45) is 5.73 Å². The number of carbonyl (C=O) groups is 1. The van der Waals surface area contributed by atoms with Gasteiger partial charge in [-0.3, -0.25) is 9.78 Å². The predicted octanol–water partition coefficient (Wildman–Crippen LogP) is 5.96. The van der Waals surface area contributed by atoms with Crippen molar-refractivity contribution in [2.45, 2.75) is 64.6 Å². The van der Waals surface area contributed by atoms with Crippen LogP contribution in [0.15, 0.2) is 36.5 Å².